The second kappa shape index (κ2) is 5.43. The van der Waals surface area contributed by atoms with Gasteiger partial charge < -0.3 is 4.57 Å². The maximum absolute atomic E-state index is 11.4. The highest BCUT2D eigenvalue weighted by Crippen LogP contribution is 2.51. The minimum atomic E-state index is -1.92. The smallest absolute Gasteiger partial charge is 0.133 e. The minimum absolute atomic E-state index is 0.819. The Hall–Kier alpha value is -0.460. The second-order valence-corrected chi connectivity index (χ2v) is 9.87. The topological polar surface area (TPSA) is 17.1 Å². The second-order valence-electron chi connectivity index (χ2n) is 3.36. The summed E-state index contributed by atoms with van der Waals surface area (Å²) in [4.78, 5) is 0. The molecule has 1 nitrogen and oxygen atoms in total. The summed E-state index contributed by atoms with van der Waals surface area (Å²) >= 11 is 1.52. The third-order valence-corrected chi connectivity index (χ3v) is 4.87. The van der Waals surface area contributed by atoms with E-state index in [-0.39, 0.29) is 0 Å². The standard InChI is InChI=1S/C11H15OPS/c1-13(2,12)14-10-6-9-11-7-4-3-5-8-11/h3-9H,10H2,1-2H3. The molecule has 14 heavy (non-hydrogen) atoms. The van der Waals surface area contributed by atoms with Crippen LogP contribution in [0.3, 0.4) is 0 Å². The molecular weight excluding hydrogens is 211 g/mol. The van der Waals surface area contributed by atoms with Gasteiger partial charge in [-0.2, -0.15) is 0 Å². The average Bonchev–Trinajstić information content (AvgIpc) is 2.13. The fourth-order valence-corrected chi connectivity index (χ4v) is 2.85. The molecule has 1 aromatic carbocycles. The molecule has 76 valence electrons. The number of rotatable bonds is 4. The van der Waals surface area contributed by atoms with Crippen molar-refractivity contribution in [3.63, 3.8) is 0 Å². The van der Waals surface area contributed by atoms with Crippen molar-refractivity contribution in [2.75, 3.05) is 19.1 Å². The van der Waals surface area contributed by atoms with Gasteiger partial charge in [-0.05, 0) is 18.9 Å². The van der Waals surface area contributed by atoms with Crippen molar-refractivity contribution < 1.29 is 4.57 Å². The van der Waals surface area contributed by atoms with Crippen LogP contribution >= 0.6 is 17.7 Å². The molecule has 0 radical (unpaired) electrons. The van der Waals surface area contributed by atoms with Crippen LogP contribution in [-0.4, -0.2) is 19.1 Å². The van der Waals surface area contributed by atoms with Gasteiger partial charge in [0.05, 0.1) is 0 Å². The van der Waals surface area contributed by atoms with Gasteiger partial charge in [-0.25, -0.2) is 0 Å². The Kier molecular flexibility index (Phi) is 4.50. The van der Waals surface area contributed by atoms with Crippen LogP contribution < -0.4 is 0 Å². The quantitative estimate of drug-likeness (QED) is 0.722. The van der Waals surface area contributed by atoms with Crippen LogP contribution in [0.4, 0.5) is 0 Å². The third-order valence-electron chi connectivity index (χ3n) is 1.59. The average molecular weight is 226 g/mol. The van der Waals surface area contributed by atoms with E-state index in [1.54, 1.807) is 13.3 Å². The lowest BCUT2D eigenvalue weighted by molar-refractivity contribution is 0.592. The van der Waals surface area contributed by atoms with E-state index < -0.39 is 6.34 Å². The molecule has 0 aromatic heterocycles. The zero-order chi connectivity index (χ0) is 10.4. The summed E-state index contributed by atoms with van der Waals surface area (Å²) in [6.07, 6.45) is 2.19. The molecule has 0 aliphatic carbocycles. The van der Waals surface area contributed by atoms with E-state index in [0.717, 1.165) is 5.75 Å². The largest absolute Gasteiger partial charge is 0.313 e. The summed E-state index contributed by atoms with van der Waals surface area (Å²) in [5.41, 5.74) is 1.19. The van der Waals surface area contributed by atoms with Crippen molar-refractivity contribution >= 4 is 23.8 Å². The fraction of sp³-hybridized carbons (Fsp3) is 0.273. The van der Waals surface area contributed by atoms with Crippen LogP contribution in [-0.2, 0) is 4.57 Å². The zero-order valence-corrected chi connectivity index (χ0v) is 10.2. The molecule has 0 aliphatic rings. The molecule has 0 bridgehead atoms. The van der Waals surface area contributed by atoms with Crippen molar-refractivity contribution in [3.8, 4) is 0 Å². The van der Waals surface area contributed by atoms with Crippen molar-refractivity contribution in [3.05, 3.63) is 42.0 Å². The molecule has 0 fully saturated rings. The molecule has 0 amide bonds. The third kappa shape index (κ3) is 5.31. The molecule has 0 N–H and O–H groups in total. The first-order valence-corrected chi connectivity index (χ1v) is 8.68. The number of hydrogen-bond donors (Lipinski definition) is 0. The Morgan fingerprint density at radius 1 is 1.29 bits per heavy atom. The van der Waals surface area contributed by atoms with Crippen molar-refractivity contribution in [2.24, 2.45) is 0 Å². The van der Waals surface area contributed by atoms with Gasteiger partial charge in [0.1, 0.15) is 6.34 Å². The highest BCUT2D eigenvalue weighted by Gasteiger charge is 2.04. The minimum Gasteiger partial charge on any atom is -0.313 e. The maximum atomic E-state index is 11.4. The van der Waals surface area contributed by atoms with Crippen LogP contribution in [0.15, 0.2) is 36.4 Å². The lowest BCUT2D eigenvalue weighted by Crippen LogP contribution is -1.73. The Bertz CT molecular complexity index is 340. The van der Waals surface area contributed by atoms with Crippen molar-refractivity contribution in [2.45, 2.75) is 0 Å². The van der Waals surface area contributed by atoms with E-state index in [4.69, 9.17) is 0 Å². The summed E-state index contributed by atoms with van der Waals surface area (Å²) in [7, 11) is 0. The lowest BCUT2D eigenvalue weighted by atomic mass is 10.2. The van der Waals surface area contributed by atoms with E-state index in [0.29, 0.717) is 0 Å². The van der Waals surface area contributed by atoms with E-state index >= 15 is 0 Å². The number of hydrogen-bond acceptors (Lipinski definition) is 2. The first-order valence-electron chi connectivity index (χ1n) is 4.49. The predicted molar refractivity (Wildman–Crippen MR) is 67.4 cm³/mol. The normalized spacial score (nSPS) is 12.1. The highest BCUT2D eigenvalue weighted by molar-refractivity contribution is 8.57. The molecule has 0 spiro atoms. The molecule has 0 saturated heterocycles. The SMILES string of the molecule is CP(C)(=O)SCC=Cc1ccccc1. The molecule has 1 rings (SSSR count). The van der Waals surface area contributed by atoms with Gasteiger partial charge in [0.15, 0.2) is 0 Å². The van der Waals surface area contributed by atoms with Crippen molar-refractivity contribution in [1.29, 1.82) is 0 Å². The maximum Gasteiger partial charge on any atom is 0.133 e. The van der Waals surface area contributed by atoms with Crippen LogP contribution in [0, 0.1) is 0 Å². The molecule has 3 heteroatoms. The Morgan fingerprint density at radius 3 is 2.50 bits per heavy atom. The first kappa shape index (κ1) is 11.6. The Balaban J connectivity index is 2.39. The summed E-state index contributed by atoms with van der Waals surface area (Å²) in [5, 5.41) is 0. The van der Waals surface area contributed by atoms with Gasteiger partial charge in [-0.15, -0.1) is 0 Å². The van der Waals surface area contributed by atoms with E-state index in [2.05, 4.69) is 24.3 Å². The van der Waals surface area contributed by atoms with Crippen LogP contribution in [0.25, 0.3) is 6.08 Å². The van der Waals surface area contributed by atoms with Gasteiger partial charge in [0, 0.05) is 5.75 Å². The molecule has 0 unspecified atom stereocenters. The van der Waals surface area contributed by atoms with E-state index in [9.17, 15) is 4.57 Å². The van der Waals surface area contributed by atoms with Crippen molar-refractivity contribution in [1.82, 2.24) is 0 Å². The summed E-state index contributed by atoms with van der Waals surface area (Å²) < 4.78 is 11.4. The number of benzene rings is 1. The summed E-state index contributed by atoms with van der Waals surface area (Å²) in [6, 6.07) is 10.1. The van der Waals surface area contributed by atoms with Gasteiger partial charge in [-0.3, -0.25) is 0 Å². The molecule has 0 atom stereocenters. The zero-order valence-electron chi connectivity index (χ0n) is 8.51. The van der Waals surface area contributed by atoms with Crippen LogP contribution in [0.5, 0.6) is 0 Å². The van der Waals surface area contributed by atoms with E-state index in [1.807, 2.05) is 18.2 Å². The lowest BCUT2D eigenvalue weighted by Gasteiger charge is -2.01. The van der Waals surface area contributed by atoms with Gasteiger partial charge in [-0.1, -0.05) is 53.9 Å². The molecular formula is C11H15OPS. The summed E-state index contributed by atoms with van der Waals surface area (Å²) in [5.74, 6) is 0.819. The molecule has 0 aliphatic heterocycles. The molecule has 0 heterocycles. The monoisotopic (exact) mass is 226 g/mol. The molecule has 0 saturated carbocycles. The van der Waals surface area contributed by atoms with Gasteiger partial charge in [0.2, 0.25) is 0 Å². The molecule has 1 aromatic rings. The summed E-state index contributed by atoms with van der Waals surface area (Å²) in [6.45, 7) is 3.60. The Morgan fingerprint density at radius 2 is 1.93 bits per heavy atom. The van der Waals surface area contributed by atoms with Crippen LogP contribution in [0.2, 0.25) is 0 Å². The Labute approximate surface area is 89.7 Å². The predicted octanol–water partition coefficient (Wildman–Crippen LogP) is 3.97. The highest BCUT2D eigenvalue weighted by atomic mass is 32.7. The van der Waals surface area contributed by atoms with Crippen LogP contribution in [0.1, 0.15) is 5.56 Å². The van der Waals surface area contributed by atoms with E-state index in [1.165, 1.54) is 16.9 Å². The fourth-order valence-electron chi connectivity index (χ4n) is 0.971. The van der Waals surface area contributed by atoms with Gasteiger partial charge in [0.25, 0.3) is 0 Å². The first-order chi connectivity index (χ1) is 6.58. The van der Waals surface area contributed by atoms with Gasteiger partial charge >= 0.3 is 0 Å².